The first kappa shape index (κ1) is 45.2. The van der Waals surface area contributed by atoms with Gasteiger partial charge in [0, 0.05) is 11.9 Å². The van der Waals surface area contributed by atoms with E-state index in [1.54, 1.807) is 0 Å². The van der Waals surface area contributed by atoms with Gasteiger partial charge in [-0.3, -0.25) is 0 Å². The first-order valence-electron chi connectivity index (χ1n) is 1.82. The van der Waals surface area contributed by atoms with Crippen LogP contribution in [0.1, 0.15) is 13.8 Å². The molecule has 4 nitrogen and oxygen atoms in total. The molecule has 0 aromatic carbocycles. The Kier molecular flexibility index (Phi) is 128. The molecule has 0 saturated carbocycles. The number of aliphatic carboxylic acids is 2. The van der Waals surface area contributed by atoms with E-state index in [4.69, 9.17) is 19.8 Å². The van der Waals surface area contributed by atoms with E-state index < -0.39 is 11.9 Å². The molecule has 0 aromatic heterocycles. The number of carboxylic acids is 2. The second-order valence-electron chi connectivity index (χ2n) is 0.983. The molecule has 1 radical (unpaired) electrons. The molecule has 0 aliphatic rings. The summed E-state index contributed by atoms with van der Waals surface area (Å²) in [5, 5.41) is 17.8. The van der Waals surface area contributed by atoms with Crippen LogP contribution in [-0.2, 0) is 26.4 Å². The predicted molar refractivity (Wildman–Crippen MR) is 21.4 cm³/mol. The van der Waals surface area contributed by atoms with Crippen molar-refractivity contribution in [1.29, 1.82) is 0 Å². The van der Waals surface area contributed by atoms with Gasteiger partial charge >= 0.3 is 75.9 Å². The van der Waals surface area contributed by atoms with Gasteiger partial charge < -0.3 is 53.8 Å². The minimum atomic E-state index is -1.08. The molecule has 0 aliphatic heterocycles. The second-order valence-corrected chi connectivity index (χ2v) is 0.983. The van der Waals surface area contributed by atoms with Gasteiger partial charge in [0.25, 0.3) is 0 Å². The van der Waals surface area contributed by atoms with Gasteiger partial charge in [-0.15, -0.1) is 0 Å². The van der Waals surface area contributed by atoms with E-state index in [1.807, 2.05) is 0 Å². The zero-order valence-corrected chi connectivity index (χ0v) is 15.9. The van der Waals surface area contributed by atoms with Crippen molar-refractivity contribution in [3.63, 3.8) is 0 Å². The number of carbonyl (C=O) groups is 2. The van der Waals surface area contributed by atoms with Gasteiger partial charge in [-0.05, 0) is 13.8 Å². The summed E-state index contributed by atoms with van der Waals surface area (Å²) in [6.45, 7) is 1.94. The number of carbonyl (C=O) groups excluding carboxylic acids is 2. The number of hydrogen-bond donors (Lipinski definition) is 0. The maximum Gasteiger partial charge on any atom is 2.00 e. The maximum absolute atomic E-state index is 8.89. The van der Waals surface area contributed by atoms with E-state index in [2.05, 4.69) is 0 Å². The molecule has 0 rings (SSSR count). The molecular formula is C4H6Br2CoNa2O4. The summed E-state index contributed by atoms with van der Waals surface area (Å²) in [6.07, 6.45) is 0. The first-order valence-corrected chi connectivity index (χ1v) is 1.82. The van der Waals surface area contributed by atoms with Crippen LogP contribution in [0.5, 0.6) is 0 Å². The fraction of sp³-hybridized carbons (Fsp3) is 0.500. The zero-order valence-electron chi connectivity index (χ0n) is 7.72. The van der Waals surface area contributed by atoms with Crippen molar-refractivity contribution in [2.24, 2.45) is 0 Å². The summed E-state index contributed by atoms with van der Waals surface area (Å²) in [7, 11) is 0. The second kappa shape index (κ2) is 36.6. The monoisotopic (exact) mass is 381 g/mol. The largest absolute Gasteiger partial charge is 2.00 e. The first-order chi connectivity index (χ1) is 3.46. The van der Waals surface area contributed by atoms with Crippen LogP contribution in [0.3, 0.4) is 0 Å². The Morgan fingerprint density at radius 3 is 0.846 bits per heavy atom. The third-order valence-corrected chi connectivity index (χ3v) is 0. The van der Waals surface area contributed by atoms with Gasteiger partial charge in [0.05, 0.1) is 0 Å². The normalized spacial score (nSPS) is 3.85. The van der Waals surface area contributed by atoms with E-state index in [-0.39, 0.29) is 110 Å². The van der Waals surface area contributed by atoms with Crippen molar-refractivity contribution < 1.29 is 130 Å². The van der Waals surface area contributed by atoms with Gasteiger partial charge in [-0.2, -0.15) is 0 Å². The van der Waals surface area contributed by atoms with Crippen LogP contribution < -0.4 is 103 Å². The van der Waals surface area contributed by atoms with Crippen molar-refractivity contribution in [2.45, 2.75) is 13.8 Å². The SMILES string of the molecule is CC(=O)[O-].CC(=O)[O-].[Br-].[Br-].[Co+2].[Na+].[Na+]. The predicted octanol–water partition coefficient (Wildman–Crippen LogP) is -14.5. The Morgan fingerprint density at radius 1 is 0.846 bits per heavy atom. The molecule has 9 heteroatoms. The Hall–Kier alpha value is 2.41. The quantitative estimate of drug-likeness (QED) is 0.390. The summed E-state index contributed by atoms with van der Waals surface area (Å²) < 4.78 is 0. The molecule has 0 unspecified atom stereocenters. The standard InChI is InChI=1S/2C2H4O2.2BrH.Co.2Na/c2*1-2(3)4;;;;;/h2*1H3,(H,3,4);2*1H;;;/q;;;;+2;2*+1/p-4. The van der Waals surface area contributed by atoms with E-state index in [1.165, 1.54) is 0 Å². The number of rotatable bonds is 0. The van der Waals surface area contributed by atoms with Crippen LogP contribution in [0, 0.1) is 0 Å². The summed E-state index contributed by atoms with van der Waals surface area (Å²) in [5.74, 6) is -2.17. The topological polar surface area (TPSA) is 80.3 Å². The molecule has 0 heterocycles. The molecule has 13 heavy (non-hydrogen) atoms. The van der Waals surface area contributed by atoms with Gasteiger partial charge in [-0.25, -0.2) is 0 Å². The van der Waals surface area contributed by atoms with Crippen LogP contribution >= 0.6 is 0 Å². The molecule has 0 fully saturated rings. The average Bonchev–Trinajstić information content (AvgIpc) is 1.25. The molecule has 0 aliphatic carbocycles. The third kappa shape index (κ3) is 383. The van der Waals surface area contributed by atoms with E-state index >= 15 is 0 Å². The van der Waals surface area contributed by atoms with Crippen LogP contribution in [0.2, 0.25) is 0 Å². The van der Waals surface area contributed by atoms with Crippen LogP contribution in [0.15, 0.2) is 0 Å². The van der Waals surface area contributed by atoms with E-state index in [0.717, 1.165) is 13.8 Å². The molecule has 0 bridgehead atoms. The van der Waals surface area contributed by atoms with Gasteiger partial charge in [0.1, 0.15) is 0 Å². The number of carboxylic acid groups (broad SMARTS) is 2. The van der Waals surface area contributed by atoms with E-state index in [0.29, 0.717) is 0 Å². The van der Waals surface area contributed by atoms with Crippen molar-refractivity contribution in [2.75, 3.05) is 0 Å². The van der Waals surface area contributed by atoms with Crippen LogP contribution in [0.4, 0.5) is 0 Å². The minimum absolute atomic E-state index is 0. The Morgan fingerprint density at radius 2 is 0.846 bits per heavy atom. The molecule has 0 N–H and O–H groups in total. The summed E-state index contributed by atoms with van der Waals surface area (Å²) >= 11 is 0. The molecule has 0 saturated heterocycles. The van der Waals surface area contributed by atoms with Gasteiger partial charge in [0.2, 0.25) is 0 Å². The van der Waals surface area contributed by atoms with Crippen molar-refractivity contribution >= 4 is 11.9 Å². The molecule has 0 spiro atoms. The van der Waals surface area contributed by atoms with Crippen molar-refractivity contribution in [3.05, 3.63) is 0 Å². The Bertz CT molecular complexity index is 86.1. The summed E-state index contributed by atoms with van der Waals surface area (Å²) in [5.41, 5.74) is 0. The number of halogens is 2. The van der Waals surface area contributed by atoms with Gasteiger partial charge in [-0.1, -0.05) is 0 Å². The minimum Gasteiger partial charge on any atom is -1.00 e. The van der Waals surface area contributed by atoms with Crippen LogP contribution in [0.25, 0.3) is 0 Å². The molecule has 0 aromatic rings. The Balaban J connectivity index is -0.00000000800. The molecule has 71 valence electrons. The maximum atomic E-state index is 8.89. The fourth-order valence-corrected chi connectivity index (χ4v) is 0. The molecule has 0 amide bonds. The summed E-state index contributed by atoms with van der Waals surface area (Å²) in [4.78, 5) is 17.8. The zero-order chi connectivity index (χ0) is 7.15. The Labute approximate surface area is 153 Å². The molecular weight excluding hydrogens is 377 g/mol. The molecule has 0 atom stereocenters. The third-order valence-electron chi connectivity index (χ3n) is 0. The van der Waals surface area contributed by atoms with Crippen molar-refractivity contribution in [3.8, 4) is 0 Å². The van der Waals surface area contributed by atoms with Crippen molar-refractivity contribution in [1.82, 2.24) is 0 Å². The van der Waals surface area contributed by atoms with Crippen LogP contribution in [-0.4, -0.2) is 11.9 Å². The smallest absolute Gasteiger partial charge is 1.00 e. The number of hydrogen-bond acceptors (Lipinski definition) is 4. The van der Waals surface area contributed by atoms with Gasteiger partial charge in [0.15, 0.2) is 0 Å². The fourth-order valence-electron chi connectivity index (χ4n) is 0. The summed E-state index contributed by atoms with van der Waals surface area (Å²) in [6, 6.07) is 0. The van der Waals surface area contributed by atoms with E-state index in [9.17, 15) is 0 Å². The average molecular weight is 383 g/mol.